The molecule has 1 heterocycles. The third-order valence-corrected chi connectivity index (χ3v) is 4.56. The van der Waals surface area contributed by atoms with E-state index < -0.39 is 10.0 Å². The van der Waals surface area contributed by atoms with Gasteiger partial charge in [-0.1, -0.05) is 6.92 Å². The van der Waals surface area contributed by atoms with Crippen LogP contribution >= 0.6 is 0 Å². The highest BCUT2D eigenvalue weighted by Gasteiger charge is 2.12. The van der Waals surface area contributed by atoms with Crippen LogP contribution in [0.2, 0.25) is 0 Å². The molecule has 6 nitrogen and oxygen atoms in total. The number of benzene rings is 1. The van der Waals surface area contributed by atoms with Crippen molar-refractivity contribution in [1.82, 2.24) is 14.3 Å². The maximum atomic E-state index is 11.9. The maximum Gasteiger partial charge on any atom is 0.240 e. The molecular weight excluding hydrogens is 288 g/mol. The fraction of sp³-hybridized carbons (Fsp3) is 0.357. The molecule has 0 aliphatic heterocycles. The third kappa shape index (κ3) is 4.05. The van der Waals surface area contributed by atoms with Gasteiger partial charge in [0.1, 0.15) is 5.82 Å². The van der Waals surface area contributed by atoms with Crippen molar-refractivity contribution in [2.75, 3.05) is 11.9 Å². The van der Waals surface area contributed by atoms with Crippen LogP contribution in [0.4, 0.5) is 5.69 Å². The average molecular weight is 308 g/mol. The third-order valence-electron chi connectivity index (χ3n) is 3.08. The summed E-state index contributed by atoms with van der Waals surface area (Å²) in [6.07, 6.45) is 4.39. The highest BCUT2D eigenvalue weighted by Crippen LogP contribution is 2.14. The molecule has 0 amide bonds. The number of imidazole rings is 1. The van der Waals surface area contributed by atoms with Gasteiger partial charge in [0.05, 0.1) is 11.4 Å². The Balaban J connectivity index is 2.00. The average Bonchev–Trinajstić information content (AvgIpc) is 2.89. The van der Waals surface area contributed by atoms with Gasteiger partial charge < -0.3 is 9.88 Å². The van der Waals surface area contributed by atoms with Gasteiger partial charge in [-0.25, -0.2) is 18.1 Å². The van der Waals surface area contributed by atoms with Crippen molar-refractivity contribution in [3.05, 3.63) is 42.5 Å². The van der Waals surface area contributed by atoms with Crippen molar-refractivity contribution in [3.63, 3.8) is 0 Å². The van der Waals surface area contributed by atoms with Crippen molar-refractivity contribution in [1.29, 1.82) is 0 Å². The lowest BCUT2D eigenvalue weighted by Crippen LogP contribution is -2.24. The maximum absolute atomic E-state index is 11.9. The number of nitrogens with zero attached hydrogens (tertiary/aromatic N) is 2. The van der Waals surface area contributed by atoms with Crippen molar-refractivity contribution < 1.29 is 8.42 Å². The second-order valence-corrected chi connectivity index (χ2v) is 6.50. The van der Waals surface area contributed by atoms with Gasteiger partial charge in [0, 0.05) is 31.7 Å². The minimum Gasteiger partial charge on any atom is -0.378 e. The molecule has 2 rings (SSSR count). The van der Waals surface area contributed by atoms with E-state index in [2.05, 4.69) is 15.0 Å². The predicted molar refractivity (Wildman–Crippen MR) is 82.5 cm³/mol. The molecule has 1 aromatic carbocycles. The first kappa shape index (κ1) is 15.5. The number of nitrogens with one attached hydrogen (secondary N) is 2. The van der Waals surface area contributed by atoms with E-state index in [1.54, 1.807) is 30.5 Å². The first-order valence-corrected chi connectivity index (χ1v) is 8.31. The van der Waals surface area contributed by atoms with Crippen molar-refractivity contribution in [2.45, 2.75) is 24.8 Å². The summed E-state index contributed by atoms with van der Waals surface area (Å²) in [5.41, 5.74) is 0.854. The van der Waals surface area contributed by atoms with E-state index in [4.69, 9.17) is 0 Å². The smallest absolute Gasteiger partial charge is 0.240 e. The summed E-state index contributed by atoms with van der Waals surface area (Å²) in [6.45, 7) is 2.96. The molecule has 2 aromatic rings. The van der Waals surface area contributed by atoms with E-state index in [0.29, 0.717) is 13.1 Å². The SMILES string of the molecule is CCCNS(=O)(=O)c1ccc(NCc2nccn2C)cc1. The molecule has 0 saturated heterocycles. The topological polar surface area (TPSA) is 76.0 Å². The van der Waals surface area contributed by atoms with Gasteiger partial charge >= 0.3 is 0 Å². The van der Waals surface area contributed by atoms with E-state index in [1.165, 1.54) is 0 Å². The van der Waals surface area contributed by atoms with Crippen molar-refractivity contribution in [2.24, 2.45) is 7.05 Å². The molecule has 0 unspecified atom stereocenters. The molecule has 0 spiro atoms. The number of hydrogen-bond acceptors (Lipinski definition) is 4. The van der Waals surface area contributed by atoms with E-state index in [9.17, 15) is 8.42 Å². The van der Waals surface area contributed by atoms with Crippen LogP contribution in [-0.2, 0) is 23.6 Å². The van der Waals surface area contributed by atoms with Gasteiger partial charge in [0.25, 0.3) is 0 Å². The molecular formula is C14H20N4O2S. The zero-order chi connectivity index (χ0) is 15.3. The monoisotopic (exact) mass is 308 g/mol. The Morgan fingerprint density at radius 1 is 1.24 bits per heavy atom. The first-order chi connectivity index (χ1) is 10.0. The van der Waals surface area contributed by atoms with E-state index >= 15 is 0 Å². The van der Waals surface area contributed by atoms with Gasteiger partial charge in [0.15, 0.2) is 0 Å². The van der Waals surface area contributed by atoms with E-state index in [-0.39, 0.29) is 4.90 Å². The van der Waals surface area contributed by atoms with Crippen LogP contribution in [-0.4, -0.2) is 24.5 Å². The molecule has 1 aromatic heterocycles. The molecule has 0 aliphatic carbocycles. The molecule has 7 heteroatoms. The van der Waals surface area contributed by atoms with Gasteiger partial charge in [-0.3, -0.25) is 0 Å². The highest BCUT2D eigenvalue weighted by molar-refractivity contribution is 7.89. The van der Waals surface area contributed by atoms with Crippen LogP contribution in [0, 0.1) is 0 Å². The summed E-state index contributed by atoms with van der Waals surface area (Å²) >= 11 is 0. The summed E-state index contributed by atoms with van der Waals surface area (Å²) in [7, 11) is -1.47. The number of aryl methyl sites for hydroxylation is 1. The second kappa shape index (κ2) is 6.73. The predicted octanol–water partition coefficient (Wildman–Crippen LogP) is 1.72. The van der Waals surface area contributed by atoms with Crippen LogP contribution in [0.1, 0.15) is 19.2 Å². The van der Waals surface area contributed by atoms with E-state index in [0.717, 1.165) is 17.9 Å². The summed E-state index contributed by atoms with van der Waals surface area (Å²) in [6, 6.07) is 6.70. The molecule has 0 fully saturated rings. The van der Waals surface area contributed by atoms with Gasteiger partial charge in [-0.05, 0) is 30.7 Å². The van der Waals surface area contributed by atoms with E-state index in [1.807, 2.05) is 24.7 Å². The Kier molecular flexibility index (Phi) is 4.98. The summed E-state index contributed by atoms with van der Waals surface area (Å²) in [5.74, 6) is 0.913. The summed E-state index contributed by atoms with van der Waals surface area (Å²) < 4.78 is 28.4. The Labute approximate surface area is 125 Å². The molecule has 0 radical (unpaired) electrons. The molecule has 114 valence electrons. The van der Waals surface area contributed by atoms with Crippen molar-refractivity contribution >= 4 is 15.7 Å². The number of sulfonamides is 1. The lowest BCUT2D eigenvalue weighted by molar-refractivity contribution is 0.581. The summed E-state index contributed by atoms with van der Waals surface area (Å²) in [4.78, 5) is 4.49. The zero-order valence-electron chi connectivity index (χ0n) is 12.2. The largest absolute Gasteiger partial charge is 0.378 e. The summed E-state index contributed by atoms with van der Waals surface area (Å²) in [5, 5.41) is 3.21. The minimum absolute atomic E-state index is 0.276. The zero-order valence-corrected chi connectivity index (χ0v) is 13.0. The molecule has 21 heavy (non-hydrogen) atoms. The Bertz CT molecular complexity index is 677. The number of rotatable bonds is 7. The fourth-order valence-electron chi connectivity index (χ4n) is 1.82. The van der Waals surface area contributed by atoms with Crippen LogP contribution < -0.4 is 10.0 Å². The Hall–Kier alpha value is -1.86. The van der Waals surface area contributed by atoms with Gasteiger partial charge in [-0.15, -0.1) is 0 Å². The molecule has 0 aliphatic rings. The quantitative estimate of drug-likeness (QED) is 0.816. The van der Waals surface area contributed by atoms with Crippen LogP contribution in [0.3, 0.4) is 0 Å². The Morgan fingerprint density at radius 3 is 2.52 bits per heavy atom. The van der Waals surface area contributed by atoms with Crippen LogP contribution in [0.15, 0.2) is 41.6 Å². The minimum atomic E-state index is -3.40. The standard InChI is InChI=1S/C14H20N4O2S/c1-3-8-17-21(19,20)13-6-4-12(5-7-13)16-11-14-15-9-10-18(14)2/h4-7,9-10,16-17H,3,8,11H2,1-2H3. The molecule has 0 bridgehead atoms. The van der Waals surface area contributed by atoms with Gasteiger partial charge in [0.2, 0.25) is 10.0 Å². The molecule has 2 N–H and O–H groups in total. The fourth-order valence-corrected chi connectivity index (χ4v) is 2.95. The number of hydrogen-bond donors (Lipinski definition) is 2. The van der Waals surface area contributed by atoms with Crippen molar-refractivity contribution in [3.8, 4) is 0 Å². The lowest BCUT2D eigenvalue weighted by Gasteiger charge is -2.09. The molecule has 0 saturated carbocycles. The van der Waals surface area contributed by atoms with Gasteiger partial charge in [-0.2, -0.15) is 0 Å². The highest BCUT2D eigenvalue weighted by atomic mass is 32.2. The number of aromatic nitrogens is 2. The normalized spacial score (nSPS) is 11.5. The van der Waals surface area contributed by atoms with Crippen LogP contribution in [0.5, 0.6) is 0 Å². The Morgan fingerprint density at radius 2 is 1.95 bits per heavy atom. The first-order valence-electron chi connectivity index (χ1n) is 6.82. The second-order valence-electron chi connectivity index (χ2n) is 4.73. The lowest BCUT2D eigenvalue weighted by atomic mass is 10.3. The van der Waals surface area contributed by atoms with Crippen LogP contribution in [0.25, 0.3) is 0 Å². The molecule has 0 atom stereocenters. The number of anilines is 1.